The number of sulfone groups is 1. The molecular formula is C16H14N4O4S. The van der Waals surface area contributed by atoms with E-state index in [-0.39, 0.29) is 29.0 Å². The van der Waals surface area contributed by atoms with Crippen LogP contribution in [0.25, 0.3) is 11.6 Å². The van der Waals surface area contributed by atoms with Crippen molar-refractivity contribution in [1.82, 2.24) is 15.2 Å². The molecule has 2 heterocycles. The molecular weight excluding hydrogens is 344 g/mol. The molecule has 0 fully saturated rings. The van der Waals surface area contributed by atoms with Gasteiger partial charge in [0.2, 0.25) is 5.91 Å². The maximum Gasteiger partial charge on any atom is 0.322 e. The van der Waals surface area contributed by atoms with Crippen molar-refractivity contribution in [3.63, 3.8) is 0 Å². The van der Waals surface area contributed by atoms with Gasteiger partial charge in [0.1, 0.15) is 5.69 Å². The lowest BCUT2D eigenvalue weighted by Crippen LogP contribution is -2.17. The number of hydrogen-bond acceptors (Lipinski definition) is 7. The molecule has 0 saturated carbocycles. The molecule has 1 aromatic carbocycles. The number of nitrogens with zero attached hydrogens (tertiary/aromatic N) is 3. The van der Waals surface area contributed by atoms with E-state index >= 15 is 0 Å². The number of pyridine rings is 1. The molecule has 0 atom stereocenters. The van der Waals surface area contributed by atoms with Crippen molar-refractivity contribution in [3.05, 3.63) is 54.7 Å². The van der Waals surface area contributed by atoms with Crippen LogP contribution in [0.2, 0.25) is 0 Å². The summed E-state index contributed by atoms with van der Waals surface area (Å²) in [5, 5.41) is 9.87. The maximum atomic E-state index is 12.1. The highest BCUT2D eigenvalue weighted by Gasteiger charge is 2.17. The number of carbonyl (C=O) groups excluding carboxylic acids is 1. The van der Waals surface area contributed by atoms with Crippen LogP contribution in [0.15, 0.2) is 64.0 Å². The van der Waals surface area contributed by atoms with Crippen LogP contribution in [0.5, 0.6) is 0 Å². The molecule has 0 aliphatic heterocycles. The number of rotatable bonds is 6. The Bertz CT molecular complexity index is 956. The Morgan fingerprint density at radius 2 is 1.80 bits per heavy atom. The van der Waals surface area contributed by atoms with Crippen molar-refractivity contribution in [2.45, 2.75) is 11.3 Å². The molecule has 8 nitrogen and oxygen atoms in total. The van der Waals surface area contributed by atoms with Crippen LogP contribution in [0.3, 0.4) is 0 Å². The first-order valence-electron chi connectivity index (χ1n) is 7.37. The van der Waals surface area contributed by atoms with Crippen molar-refractivity contribution in [1.29, 1.82) is 0 Å². The number of hydrogen-bond donors (Lipinski definition) is 1. The molecule has 3 aromatic rings. The fourth-order valence-electron chi connectivity index (χ4n) is 2.02. The molecule has 0 aliphatic carbocycles. The molecule has 25 heavy (non-hydrogen) atoms. The van der Waals surface area contributed by atoms with E-state index in [2.05, 4.69) is 20.5 Å². The average Bonchev–Trinajstić information content (AvgIpc) is 3.10. The van der Waals surface area contributed by atoms with Gasteiger partial charge in [-0.2, -0.15) is 0 Å². The summed E-state index contributed by atoms with van der Waals surface area (Å²) in [6.07, 6.45) is 1.35. The van der Waals surface area contributed by atoms with E-state index in [1.165, 1.54) is 12.1 Å². The molecule has 0 spiro atoms. The normalized spacial score (nSPS) is 11.2. The van der Waals surface area contributed by atoms with E-state index in [1.54, 1.807) is 42.6 Å². The Kier molecular flexibility index (Phi) is 4.85. The Morgan fingerprint density at radius 1 is 1.04 bits per heavy atom. The lowest BCUT2D eigenvalue weighted by molar-refractivity contribution is -0.115. The lowest BCUT2D eigenvalue weighted by atomic mass is 10.3. The van der Waals surface area contributed by atoms with Crippen LogP contribution in [-0.4, -0.2) is 35.3 Å². The molecule has 2 aromatic heterocycles. The van der Waals surface area contributed by atoms with Gasteiger partial charge in [-0.25, -0.2) is 8.42 Å². The lowest BCUT2D eigenvalue weighted by Gasteiger charge is -2.03. The molecule has 3 rings (SSSR count). The molecule has 0 aliphatic rings. The SMILES string of the molecule is O=C(CCS(=O)(=O)c1ccccc1)Nc1nnc(-c2ccccn2)o1. The molecule has 9 heteroatoms. The largest absolute Gasteiger partial charge is 0.401 e. The van der Waals surface area contributed by atoms with E-state index in [4.69, 9.17) is 4.42 Å². The second kappa shape index (κ2) is 7.22. The minimum Gasteiger partial charge on any atom is -0.401 e. The third-order valence-corrected chi connectivity index (χ3v) is 4.99. The zero-order valence-corrected chi connectivity index (χ0v) is 13.8. The minimum absolute atomic E-state index is 0.109. The highest BCUT2D eigenvalue weighted by atomic mass is 32.2. The number of benzene rings is 1. The molecule has 1 amide bonds. The van der Waals surface area contributed by atoms with Crippen LogP contribution < -0.4 is 5.32 Å². The molecule has 1 N–H and O–H groups in total. The fraction of sp³-hybridized carbons (Fsp3) is 0.125. The highest BCUT2D eigenvalue weighted by molar-refractivity contribution is 7.91. The van der Waals surface area contributed by atoms with Crippen molar-refractivity contribution in [3.8, 4) is 11.6 Å². The van der Waals surface area contributed by atoms with Crippen molar-refractivity contribution in [2.75, 3.05) is 11.1 Å². The maximum absolute atomic E-state index is 12.1. The minimum atomic E-state index is -3.52. The van der Waals surface area contributed by atoms with Crippen molar-refractivity contribution in [2.24, 2.45) is 0 Å². The van der Waals surface area contributed by atoms with Gasteiger partial charge in [0.25, 0.3) is 5.89 Å². The quantitative estimate of drug-likeness (QED) is 0.716. The summed E-state index contributed by atoms with van der Waals surface area (Å²) in [5.41, 5.74) is 0.474. The highest BCUT2D eigenvalue weighted by Crippen LogP contribution is 2.17. The predicted molar refractivity (Wildman–Crippen MR) is 89.3 cm³/mol. The van der Waals surface area contributed by atoms with Crippen LogP contribution in [0.1, 0.15) is 6.42 Å². The monoisotopic (exact) mass is 358 g/mol. The summed E-state index contributed by atoms with van der Waals surface area (Å²) in [4.78, 5) is 16.2. The smallest absolute Gasteiger partial charge is 0.322 e. The van der Waals surface area contributed by atoms with Crippen LogP contribution in [-0.2, 0) is 14.6 Å². The topological polar surface area (TPSA) is 115 Å². The van der Waals surface area contributed by atoms with Crippen molar-refractivity contribution < 1.29 is 17.6 Å². The van der Waals surface area contributed by atoms with E-state index < -0.39 is 15.7 Å². The second-order valence-electron chi connectivity index (χ2n) is 5.06. The van der Waals surface area contributed by atoms with Crippen LogP contribution >= 0.6 is 0 Å². The Morgan fingerprint density at radius 3 is 2.52 bits per heavy atom. The summed E-state index contributed by atoms with van der Waals surface area (Å²) in [7, 11) is -3.52. The van der Waals surface area contributed by atoms with E-state index in [9.17, 15) is 13.2 Å². The van der Waals surface area contributed by atoms with Gasteiger partial charge in [-0.1, -0.05) is 29.4 Å². The first kappa shape index (κ1) is 16.8. The van der Waals surface area contributed by atoms with Gasteiger partial charge in [0.15, 0.2) is 9.84 Å². The molecule has 0 bridgehead atoms. The standard InChI is InChI=1S/C16H14N4O4S/c21-14(9-11-25(22,23)12-6-2-1-3-7-12)18-16-20-19-15(24-16)13-8-4-5-10-17-13/h1-8,10H,9,11H2,(H,18,20,21). The zero-order chi connectivity index (χ0) is 17.7. The Hall–Kier alpha value is -3.07. The molecule has 0 saturated heterocycles. The van der Waals surface area contributed by atoms with E-state index in [0.717, 1.165) is 0 Å². The van der Waals surface area contributed by atoms with Gasteiger partial charge in [0.05, 0.1) is 10.6 Å². The first-order chi connectivity index (χ1) is 12.0. The third kappa shape index (κ3) is 4.27. The zero-order valence-electron chi connectivity index (χ0n) is 13.0. The summed E-state index contributed by atoms with van der Waals surface area (Å²) in [5.74, 6) is -0.687. The molecule has 128 valence electrons. The van der Waals surface area contributed by atoms with Gasteiger partial charge < -0.3 is 4.42 Å². The summed E-state index contributed by atoms with van der Waals surface area (Å²) in [6, 6.07) is 13.0. The Labute approximate surface area is 143 Å². The third-order valence-electron chi connectivity index (χ3n) is 3.26. The van der Waals surface area contributed by atoms with Gasteiger partial charge in [0, 0.05) is 12.6 Å². The molecule has 0 unspecified atom stereocenters. The fourth-order valence-corrected chi connectivity index (χ4v) is 3.28. The Balaban J connectivity index is 1.59. The average molecular weight is 358 g/mol. The summed E-state index contributed by atoms with van der Waals surface area (Å²) >= 11 is 0. The van der Waals surface area contributed by atoms with Gasteiger partial charge in [-0.05, 0) is 24.3 Å². The summed E-state index contributed by atoms with van der Waals surface area (Å²) in [6.45, 7) is 0. The molecule has 0 radical (unpaired) electrons. The van der Waals surface area contributed by atoms with Gasteiger partial charge >= 0.3 is 6.01 Å². The number of amides is 1. The summed E-state index contributed by atoms with van der Waals surface area (Å²) < 4.78 is 29.6. The van der Waals surface area contributed by atoms with E-state index in [0.29, 0.717) is 5.69 Å². The van der Waals surface area contributed by atoms with Crippen molar-refractivity contribution >= 4 is 21.8 Å². The second-order valence-corrected chi connectivity index (χ2v) is 7.17. The van der Waals surface area contributed by atoms with Gasteiger partial charge in [-0.15, -0.1) is 5.10 Å². The predicted octanol–water partition coefficient (Wildman–Crippen LogP) is 1.93. The van der Waals surface area contributed by atoms with Crippen LogP contribution in [0, 0.1) is 0 Å². The van der Waals surface area contributed by atoms with E-state index in [1.807, 2.05) is 0 Å². The first-order valence-corrected chi connectivity index (χ1v) is 9.02. The van der Waals surface area contributed by atoms with Gasteiger partial charge in [-0.3, -0.25) is 15.1 Å². The number of nitrogens with one attached hydrogen (secondary N) is 1. The number of aromatic nitrogens is 3. The number of anilines is 1. The van der Waals surface area contributed by atoms with Crippen LogP contribution in [0.4, 0.5) is 6.01 Å². The number of carbonyl (C=O) groups is 1.